The summed E-state index contributed by atoms with van der Waals surface area (Å²) in [5.41, 5.74) is 4.77. The van der Waals surface area contributed by atoms with Crippen LogP contribution in [-0.4, -0.2) is 18.9 Å². The van der Waals surface area contributed by atoms with Gasteiger partial charge in [0.05, 0.1) is 5.56 Å². The van der Waals surface area contributed by atoms with Crippen LogP contribution in [0.1, 0.15) is 31.4 Å². The van der Waals surface area contributed by atoms with Crippen LogP contribution in [0, 0.1) is 10.8 Å². The molecular weight excluding hydrogens is 267 g/mol. The molecule has 0 amide bonds. The summed E-state index contributed by atoms with van der Waals surface area (Å²) in [4.78, 5) is 1.94. The molecule has 3 N–H and O–H groups in total. The van der Waals surface area contributed by atoms with Crippen LogP contribution in [0.4, 0.5) is 18.9 Å². The molecule has 1 aliphatic heterocycles. The Morgan fingerprint density at radius 3 is 2.45 bits per heavy atom. The lowest BCUT2D eigenvalue weighted by atomic mass is 9.93. The van der Waals surface area contributed by atoms with Crippen molar-refractivity contribution in [3.05, 3.63) is 29.3 Å². The van der Waals surface area contributed by atoms with Crippen molar-refractivity contribution < 1.29 is 13.2 Å². The minimum absolute atomic E-state index is 0.109. The smallest absolute Gasteiger partial charge is 0.384 e. The van der Waals surface area contributed by atoms with Gasteiger partial charge in [-0.1, -0.05) is 13.8 Å². The molecule has 0 saturated carbocycles. The molecule has 0 aromatic heterocycles. The molecule has 1 fully saturated rings. The number of benzene rings is 1. The summed E-state index contributed by atoms with van der Waals surface area (Å²) in [5, 5.41) is 7.26. The first-order chi connectivity index (χ1) is 9.10. The third-order valence-corrected chi connectivity index (χ3v) is 3.64. The molecule has 2 rings (SSSR count). The molecular formula is C14H18F3N3. The highest BCUT2D eigenvalue weighted by atomic mass is 19.4. The van der Waals surface area contributed by atoms with Crippen LogP contribution in [0.15, 0.2) is 18.2 Å². The van der Waals surface area contributed by atoms with Gasteiger partial charge in [-0.2, -0.15) is 13.2 Å². The van der Waals surface area contributed by atoms with Crippen molar-refractivity contribution in [2.24, 2.45) is 11.1 Å². The van der Waals surface area contributed by atoms with E-state index in [0.29, 0.717) is 5.69 Å². The van der Waals surface area contributed by atoms with Gasteiger partial charge in [0.2, 0.25) is 0 Å². The number of nitrogen functional groups attached to an aromatic ring is 1. The van der Waals surface area contributed by atoms with Crippen molar-refractivity contribution in [1.82, 2.24) is 0 Å². The molecule has 0 bridgehead atoms. The Hall–Kier alpha value is -1.72. The number of hydrogen-bond donors (Lipinski definition) is 2. The third-order valence-electron chi connectivity index (χ3n) is 3.64. The Kier molecular flexibility index (Phi) is 3.44. The zero-order valence-corrected chi connectivity index (χ0v) is 11.5. The number of hydrogen-bond acceptors (Lipinski definition) is 2. The van der Waals surface area contributed by atoms with Crippen molar-refractivity contribution in [3.63, 3.8) is 0 Å². The first kappa shape index (κ1) is 14.7. The highest BCUT2D eigenvalue weighted by molar-refractivity contribution is 5.97. The number of halogens is 3. The number of nitrogens with zero attached hydrogens (tertiary/aromatic N) is 1. The number of nitrogens with one attached hydrogen (secondary N) is 1. The third kappa shape index (κ3) is 2.89. The normalized spacial score (nSPS) is 18.4. The molecule has 20 heavy (non-hydrogen) atoms. The van der Waals surface area contributed by atoms with E-state index in [4.69, 9.17) is 11.1 Å². The summed E-state index contributed by atoms with van der Waals surface area (Å²) in [6, 6.07) is 3.98. The molecule has 6 heteroatoms. The summed E-state index contributed by atoms with van der Waals surface area (Å²) in [6.07, 6.45) is -3.56. The minimum Gasteiger partial charge on any atom is -0.384 e. The first-order valence-corrected chi connectivity index (χ1v) is 6.41. The fourth-order valence-electron chi connectivity index (χ4n) is 2.53. The Morgan fingerprint density at radius 1 is 1.35 bits per heavy atom. The predicted molar refractivity (Wildman–Crippen MR) is 73.1 cm³/mol. The Balaban J connectivity index is 2.41. The molecule has 110 valence electrons. The summed E-state index contributed by atoms with van der Waals surface area (Å²) in [7, 11) is 0. The van der Waals surface area contributed by atoms with Gasteiger partial charge in [0.25, 0.3) is 0 Å². The van der Waals surface area contributed by atoms with Gasteiger partial charge >= 0.3 is 6.18 Å². The number of anilines is 1. The second kappa shape index (κ2) is 4.68. The molecule has 1 saturated heterocycles. The lowest BCUT2D eigenvalue weighted by molar-refractivity contribution is -0.137. The van der Waals surface area contributed by atoms with Gasteiger partial charge in [-0.15, -0.1) is 0 Å². The van der Waals surface area contributed by atoms with Crippen molar-refractivity contribution in [2.45, 2.75) is 26.4 Å². The summed E-state index contributed by atoms with van der Waals surface area (Å²) in [6.45, 7) is 5.66. The Bertz CT molecular complexity index is 535. The van der Waals surface area contributed by atoms with Crippen LogP contribution < -0.4 is 10.6 Å². The molecule has 0 radical (unpaired) electrons. The standard InChI is InChI=1S/C14H18F3N3/c1-13(2)5-6-20(8-13)9-3-4-10(12(18)19)11(7-9)14(15,16)17/h3-4,7H,5-6,8H2,1-2H3,(H3,18,19). The molecule has 0 aliphatic carbocycles. The van der Waals surface area contributed by atoms with E-state index in [-0.39, 0.29) is 11.0 Å². The Morgan fingerprint density at radius 2 is 2.00 bits per heavy atom. The van der Waals surface area contributed by atoms with Crippen LogP contribution in [-0.2, 0) is 6.18 Å². The second-order valence-electron chi connectivity index (χ2n) is 5.98. The van der Waals surface area contributed by atoms with E-state index < -0.39 is 17.6 Å². The van der Waals surface area contributed by atoms with Gasteiger partial charge in [0, 0.05) is 24.3 Å². The molecule has 1 aliphatic rings. The van der Waals surface area contributed by atoms with Crippen LogP contribution in [0.2, 0.25) is 0 Å². The van der Waals surface area contributed by atoms with Gasteiger partial charge in [0.15, 0.2) is 0 Å². The van der Waals surface area contributed by atoms with E-state index in [9.17, 15) is 13.2 Å². The van der Waals surface area contributed by atoms with E-state index in [0.717, 1.165) is 25.6 Å². The average Bonchev–Trinajstić information content (AvgIpc) is 2.67. The van der Waals surface area contributed by atoms with Crippen molar-refractivity contribution >= 4 is 11.5 Å². The first-order valence-electron chi connectivity index (χ1n) is 6.41. The van der Waals surface area contributed by atoms with Gasteiger partial charge in [-0.3, -0.25) is 5.41 Å². The van der Waals surface area contributed by atoms with Crippen LogP contribution in [0.3, 0.4) is 0 Å². The quantitative estimate of drug-likeness (QED) is 0.647. The fourth-order valence-corrected chi connectivity index (χ4v) is 2.53. The summed E-state index contributed by atoms with van der Waals surface area (Å²) < 4.78 is 39.2. The number of amidine groups is 1. The van der Waals surface area contributed by atoms with Crippen LogP contribution >= 0.6 is 0 Å². The van der Waals surface area contributed by atoms with Gasteiger partial charge in [-0.05, 0) is 30.0 Å². The van der Waals surface area contributed by atoms with Crippen molar-refractivity contribution in [3.8, 4) is 0 Å². The second-order valence-corrected chi connectivity index (χ2v) is 5.98. The highest BCUT2D eigenvalue weighted by Gasteiger charge is 2.36. The van der Waals surface area contributed by atoms with Crippen LogP contribution in [0.25, 0.3) is 0 Å². The molecule has 0 unspecified atom stereocenters. The lowest BCUT2D eigenvalue weighted by Gasteiger charge is -2.23. The van der Waals surface area contributed by atoms with Gasteiger partial charge in [-0.25, -0.2) is 0 Å². The lowest BCUT2D eigenvalue weighted by Crippen LogP contribution is -2.24. The maximum atomic E-state index is 13.1. The highest BCUT2D eigenvalue weighted by Crippen LogP contribution is 2.37. The summed E-state index contributed by atoms with van der Waals surface area (Å²) >= 11 is 0. The molecule has 0 atom stereocenters. The maximum absolute atomic E-state index is 13.1. The molecule has 0 spiro atoms. The largest absolute Gasteiger partial charge is 0.417 e. The van der Waals surface area contributed by atoms with E-state index in [1.807, 2.05) is 4.90 Å². The Labute approximate surface area is 116 Å². The van der Waals surface area contributed by atoms with Gasteiger partial charge < -0.3 is 10.6 Å². The SMILES string of the molecule is CC1(C)CCN(c2ccc(C(=N)N)c(C(F)(F)F)c2)C1. The van der Waals surface area contributed by atoms with Gasteiger partial charge in [0.1, 0.15) is 5.84 Å². The number of rotatable bonds is 2. The van der Waals surface area contributed by atoms with E-state index in [1.54, 1.807) is 6.07 Å². The van der Waals surface area contributed by atoms with Crippen molar-refractivity contribution in [1.29, 1.82) is 5.41 Å². The monoisotopic (exact) mass is 285 g/mol. The topological polar surface area (TPSA) is 53.1 Å². The molecule has 1 heterocycles. The van der Waals surface area contributed by atoms with E-state index >= 15 is 0 Å². The van der Waals surface area contributed by atoms with Crippen LogP contribution in [0.5, 0.6) is 0 Å². The number of nitrogens with two attached hydrogens (primary N) is 1. The maximum Gasteiger partial charge on any atom is 0.417 e. The fraction of sp³-hybridized carbons (Fsp3) is 0.500. The van der Waals surface area contributed by atoms with Crippen molar-refractivity contribution in [2.75, 3.05) is 18.0 Å². The van der Waals surface area contributed by atoms with E-state index in [1.165, 1.54) is 6.07 Å². The molecule has 3 nitrogen and oxygen atoms in total. The van der Waals surface area contributed by atoms with E-state index in [2.05, 4.69) is 13.8 Å². The number of alkyl halides is 3. The summed E-state index contributed by atoms with van der Waals surface area (Å²) in [5.74, 6) is -0.564. The average molecular weight is 285 g/mol. The molecule has 1 aromatic carbocycles. The zero-order valence-electron chi connectivity index (χ0n) is 11.5. The predicted octanol–water partition coefficient (Wildman–Crippen LogP) is 3.23. The molecule has 1 aromatic rings. The minimum atomic E-state index is -4.51. The zero-order chi connectivity index (χ0) is 15.1.